The second-order valence-electron chi connectivity index (χ2n) is 4.31. The van der Waals surface area contributed by atoms with E-state index < -0.39 is 0 Å². The van der Waals surface area contributed by atoms with E-state index in [4.69, 9.17) is 4.74 Å². The Kier molecular flexibility index (Phi) is 1.17. The first-order chi connectivity index (χ1) is 4.62. The van der Waals surface area contributed by atoms with Crippen molar-refractivity contribution in [2.75, 3.05) is 0 Å². The third kappa shape index (κ3) is 0.800. The Labute approximate surface area is 62.8 Å². The lowest BCUT2D eigenvalue weighted by Gasteiger charge is -2.25. The van der Waals surface area contributed by atoms with Gasteiger partial charge in [0, 0.05) is 0 Å². The molecule has 58 valence electrons. The van der Waals surface area contributed by atoms with Crippen LogP contribution in [0.25, 0.3) is 0 Å². The number of hydrogen-bond donors (Lipinski definition) is 0. The molecule has 1 heterocycles. The van der Waals surface area contributed by atoms with Gasteiger partial charge in [0.05, 0.1) is 11.7 Å². The zero-order valence-electron chi connectivity index (χ0n) is 7.05. The first kappa shape index (κ1) is 6.66. The molecule has 4 atom stereocenters. The average molecular weight is 140 g/mol. The van der Waals surface area contributed by atoms with Crippen molar-refractivity contribution in [3.05, 3.63) is 0 Å². The Hall–Kier alpha value is -0.0400. The number of rotatable bonds is 0. The molecular weight excluding hydrogens is 124 g/mol. The van der Waals surface area contributed by atoms with Crippen LogP contribution in [0.2, 0.25) is 0 Å². The monoisotopic (exact) mass is 140 g/mol. The minimum Gasteiger partial charge on any atom is -0.366 e. The normalized spacial score (nSPS) is 59.7. The molecule has 1 heteroatoms. The van der Waals surface area contributed by atoms with E-state index in [1.54, 1.807) is 0 Å². The highest BCUT2D eigenvalue weighted by Gasteiger charge is 2.56. The number of epoxide rings is 1. The second kappa shape index (κ2) is 1.76. The van der Waals surface area contributed by atoms with Crippen molar-refractivity contribution in [3.63, 3.8) is 0 Å². The van der Waals surface area contributed by atoms with Crippen LogP contribution in [0, 0.1) is 11.8 Å². The molecule has 10 heavy (non-hydrogen) atoms. The molecule has 2 rings (SSSR count). The van der Waals surface area contributed by atoms with Gasteiger partial charge < -0.3 is 4.74 Å². The molecule has 1 aliphatic heterocycles. The lowest BCUT2D eigenvalue weighted by Crippen LogP contribution is -2.26. The highest BCUT2D eigenvalue weighted by atomic mass is 16.6. The van der Waals surface area contributed by atoms with Crippen LogP contribution in [0.15, 0.2) is 0 Å². The zero-order valence-corrected chi connectivity index (χ0v) is 7.05. The van der Waals surface area contributed by atoms with Gasteiger partial charge in [0.2, 0.25) is 0 Å². The van der Waals surface area contributed by atoms with Gasteiger partial charge in [-0.3, -0.25) is 0 Å². The summed E-state index contributed by atoms with van der Waals surface area (Å²) in [6, 6.07) is 0. The van der Waals surface area contributed by atoms with Crippen molar-refractivity contribution in [1.82, 2.24) is 0 Å². The predicted molar refractivity (Wildman–Crippen MR) is 40.8 cm³/mol. The predicted octanol–water partition coefficient (Wildman–Crippen LogP) is 2.21. The Morgan fingerprint density at radius 2 is 2.00 bits per heavy atom. The van der Waals surface area contributed by atoms with E-state index in [-0.39, 0.29) is 0 Å². The lowest BCUT2D eigenvalue weighted by atomic mass is 9.77. The topological polar surface area (TPSA) is 12.5 Å². The summed E-state index contributed by atoms with van der Waals surface area (Å²) in [6.45, 7) is 6.93. The van der Waals surface area contributed by atoms with Gasteiger partial charge in [0.25, 0.3) is 0 Å². The van der Waals surface area contributed by atoms with Crippen molar-refractivity contribution < 1.29 is 4.74 Å². The first-order valence-corrected chi connectivity index (χ1v) is 4.29. The van der Waals surface area contributed by atoms with Gasteiger partial charge in [0.15, 0.2) is 0 Å². The van der Waals surface area contributed by atoms with Gasteiger partial charge in [0.1, 0.15) is 0 Å². The van der Waals surface area contributed by atoms with Crippen LogP contribution < -0.4 is 0 Å². The van der Waals surface area contributed by atoms with Crippen molar-refractivity contribution in [1.29, 1.82) is 0 Å². The summed E-state index contributed by atoms with van der Waals surface area (Å²) in [5, 5.41) is 0. The van der Waals surface area contributed by atoms with E-state index in [1.165, 1.54) is 12.8 Å². The SMILES string of the molecule is CC1CC2OC2(C)CC1C. The Morgan fingerprint density at radius 1 is 1.30 bits per heavy atom. The molecule has 1 nitrogen and oxygen atoms in total. The Bertz CT molecular complexity index is 155. The van der Waals surface area contributed by atoms with Crippen LogP contribution in [0.4, 0.5) is 0 Å². The molecule has 0 amide bonds. The third-order valence-corrected chi connectivity index (χ3v) is 3.32. The zero-order chi connectivity index (χ0) is 7.35. The van der Waals surface area contributed by atoms with Gasteiger partial charge >= 0.3 is 0 Å². The molecule has 0 aromatic heterocycles. The first-order valence-electron chi connectivity index (χ1n) is 4.29. The fraction of sp³-hybridized carbons (Fsp3) is 1.00. The molecule has 0 spiro atoms. The maximum absolute atomic E-state index is 5.61. The average Bonchev–Trinajstić information content (AvgIpc) is 2.41. The number of hydrogen-bond acceptors (Lipinski definition) is 1. The standard InChI is InChI=1S/C9H16O/c1-6-4-8-9(3,10-8)5-7(6)2/h6-8H,4-5H2,1-3H3. The van der Waals surface area contributed by atoms with E-state index in [2.05, 4.69) is 20.8 Å². The number of fused-ring (bicyclic) bond motifs is 1. The van der Waals surface area contributed by atoms with Gasteiger partial charge in [-0.05, 0) is 31.6 Å². The van der Waals surface area contributed by atoms with Crippen molar-refractivity contribution in [2.45, 2.75) is 45.3 Å². The van der Waals surface area contributed by atoms with Gasteiger partial charge in [-0.15, -0.1) is 0 Å². The Balaban J connectivity index is 2.05. The summed E-state index contributed by atoms with van der Waals surface area (Å²) >= 11 is 0. The third-order valence-electron chi connectivity index (χ3n) is 3.32. The minimum atomic E-state index is 0.298. The largest absolute Gasteiger partial charge is 0.366 e. The Morgan fingerprint density at radius 3 is 2.60 bits per heavy atom. The summed E-state index contributed by atoms with van der Waals surface area (Å²) < 4.78 is 5.61. The molecule has 1 saturated heterocycles. The number of ether oxygens (including phenoxy) is 1. The molecule has 0 aromatic rings. The maximum Gasteiger partial charge on any atom is 0.0923 e. The van der Waals surface area contributed by atoms with Crippen molar-refractivity contribution in [3.8, 4) is 0 Å². The molecule has 0 radical (unpaired) electrons. The minimum absolute atomic E-state index is 0.298. The summed E-state index contributed by atoms with van der Waals surface area (Å²) in [6.07, 6.45) is 3.18. The summed E-state index contributed by atoms with van der Waals surface area (Å²) in [5.41, 5.74) is 0.298. The van der Waals surface area contributed by atoms with E-state index in [1.807, 2.05) is 0 Å². The quantitative estimate of drug-likeness (QED) is 0.470. The van der Waals surface area contributed by atoms with Crippen LogP contribution in [0.3, 0.4) is 0 Å². The van der Waals surface area contributed by atoms with Gasteiger partial charge in [-0.2, -0.15) is 0 Å². The molecule has 1 aliphatic carbocycles. The highest BCUT2D eigenvalue weighted by molar-refractivity contribution is 5.04. The molecule has 0 bridgehead atoms. The van der Waals surface area contributed by atoms with Gasteiger partial charge in [-0.25, -0.2) is 0 Å². The molecule has 0 aromatic carbocycles. The van der Waals surface area contributed by atoms with Crippen molar-refractivity contribution in [2.24, 2.45) is 11.8 Å². The van der Waals surface area contributed by atoms with Crippen LogP contribution in [0.5, 0.6) is 0 Å². The lowest BCUT2D eigenvalue weighted by molar-refractivity contribution is 0.251. The molecule has 0 N–H and O–H groups in total. The van der Waals surface area contributed by atoms with Crippen molar-refractivity contribution >= 4 is 0 Å². The summed E-state index contributed by atoms with van der Waals surface area (Å²) in [5.74, 6) is 1.74. The molecular formula is C9H16O. The van der Waals surface area contributed by atoms with Crippen LogP contribution in [-0.2, 0) is 4.74 Å². The maximum atomic E-state index is 5.61. The van der Waals surface area contributed by atoms with Crippen LogP contribution >= 0.6 is 0 Å². The molecule has 2 fully saturated rings. The molecule has 4 unspecified atom stereocenters. The van der Waals surface area contributed by atoms with E-state index >= 15 is 0 Å². The smallest absolute Gasteiger partial charge is 0.0923 e. The van der Waals surface area contributed by atoms with E-state index in [0.717, 1.165) is 11.8 Å². The molecule has 2 aliphatic rings. The van der Waals surface area contributed by atoms with Crippen LogP contribution in [-0.4, -0.2) is 11.7 Å². The summed E-state index contributed by atoms with van der Waals surface area (Å²) in [4.78, 5) is 0. The van der Waals surface area contributed by atoms with Gasteiger partial charge in [-0.1, -0.05) is 13.8 Å². The summed E-state index contributed by atoms with van der Waals surface area (Å²) in [7, 11) is 0. The highest BCUT2D eigenvalue weighted by Crippen LogP contribution is 2.51. The van der Waals surface area contributed by atoms with E-state index in [9.17, 15) is 0 Å². The van der Waals surface area contributed by atoms with E-state index in [0.29, 0.717) is 11.7 Å². The van der Waals surface area contributed by atoms with Crippen LogP contribution in [0.1, 0.15) is 33.6 Å². The molecule has 1 saturated carbocycles. The fourth-order valence-electron chi connectivity index (χ4n) is 2.18. The fourth-order valence-corrected chi connectivity index (χ4v) is 2.18. The second-order valence-corrected chi connectivity index (χ2v) is 4.31.